The second-order valence-corrected chi connectivity index (χ2v) is 8.01. The number of dihydropyridines is 1. The number of halogens is 1. The van der Waals surface area contributed by atoms with Crippen LogP contribution in [0.15, 0.2) is 70.3 Å². The molecule has 1 aliphatic heterocycles. The molecule has 170 valence electrons. The molecule has 2 N–H and O–H groups in total. The van der Waals surface area contributed by atoms with E-state index < -0.39 is 5.82 Å². The summed E-state index contributed by atoms with van der Waals surface area (Å²) in [7, 11) is 0. The van der Waals surface area contributed by atoms with Gasteiger partial charge in [-0.1, -0.05) is 29.4 Å². The molecule has 0 fully saturated rings. The molecule has 5 rings (SSSR count). The molecule has 0 unspecified atom stereocenters. The van der Waals surface area contributed by atoms with E-state index in [1.165, 1.54) is 12.1 Å². The lowest BCUT2D eigenvalue weighted by atomic mass is 9.97. The average Bonchev–Trinajstić information content (AvgIpc) is 3.46. The summed E-state index contributed by atoms with van der Waals surface area (Å²) in [5, 5.41) is 7.52. The summed E-state index contributed by atoms with van der Waals surface area (Å²) in [4.78, 5) is 33.5. The molecule has 1 aliphatic rings. The van der Waals surface area contributed by atoms with Gasteiger partial charge in [-0.3, -0.25) is 14.6 Å². The van der Waals surface area contributed by atoms with Gasteiger partial charge in [-0.25, -0.2) is 4.39 Å². The second kappa shape index (κ2) is 8.90. The Bertz CT molecular complexity index is 1480. The molecule has 0 saturated carbocycles. The number of nitrogens with zero attached hydrogens (tertiary/aromatic N) is 2. The van der Waals surface area contributed by atoms with Gasteiger partial charge in [0.05, 0.1) is 17.8 Å². The van der Waals surface area contributed by atoms with Crippen LogP contribution in [0.25, 0.3) is 22.2 Å². The summed E-state index contributed by atoms with van der Waals surface area (Å²) >= 11 is 0. The van der Waals surface area contributed by atoms with Crippen molar-refractivity contribution in [3.05, 3.63) is 89.1 Å². The number of aliphatic imine (C=N–C) groups is 1. The summed E-state index contributed by atoms with van der Waals surface area (Å²) in [6.07, 6.45) is 6.47. The lowest BCUT2D eigenvalue weighted by Gasteiger charge is -2.08. The number of benzene rings is 2. The lowest BCUT2D eigenvalue weighted by molar-refractivity contribution is 0.0958. The number of ketones is 1. The topological polar surface area (TPSA) is 100 Å². The molecule has 0 atom stereocenters. The number of carbonyl (C=O) groups excluding carboxylic acids is 2. The van der Waals surface area contributed by atoms with Crippen molar-refractivity contribution >= 4 is 28.3 Å². The minimum atomic E-state index is -0.430. The maximum Gasteiger partial charge on any atom is 0.251 e. The van der Waals surface area contributed by atoms with Crippen LogP contribution in [0.5, 0.6) is 0 Å². The summed E-state index contributed by atoms with van der Waals surface area (Å²) in [5.74, 6) is -0.617. The first-order valence-corrected chi connectivity index (χ1v) is 10.9. The SMILES string of the molecule is Cc1onc(-c2cccc(F)c2)c1C(=O)c1c[nH]c2cc(C(=O)NCC3=NCCC=C3)ccc12. The summed E-state index contributed by atoms with van der Waals surface area (Å²) < 4.78 is 19.0. The van der Waals surface area contributed by atoms with Crippen LogP contribution in [-0.4, -0.2) is 40.6 Å². The minimum Gasteiger partial charge on any atom is -0.360 e. The van der Waals surface area contributed by atoms with E-state index in [0.717, 1.165) is 18.7 Å². The largest absolute Gasteiger partial charge is 0.360 e. The first-order chi connectivity index (χ1) is 16.5. The fourth-order valence-corrected chi connectivity index (χ4v) is 4.00. The number of aryl methyl sites for hydroxylation is 1. The van der Waals surface area contributed by atoms with Crippen LogP contribution < -0.4 is 5.32 Å². The molecule has 0 bridgehead atoms. The first-order valence-electron chi connectivity index (χ1n) is 10.9. The van der Waals surface area contributed by atoms with Gasteiger partial charge in [0.25, 0.3) is 5.91 Å². The smallest absolute Gasteiger partial charge is 0.251 e. The molecule has 7 nitrogen and oxygen atoms in total. The fourth-order valence-electron chi connectivity index (χ4n) is 4.00. The van der Waals surface area contributed by atoms with Crippen LogP contribution in [0.4, 0.5) is 4.39 Å². The van der Waals surface area contributed by atoms with Gasteiger partial charge < -0.3 is 14.8 Å². The van der Waals surface area contributed by atoms with Crippen LogP contribution in [-0.2, 0) is 0 Å². The van der Waals surface area contributed by atoms with E-state index in [2.05, 4.69) is 20.4 Å². The van der Waals surface area contributed by atoms with Crippen molar-refractivity contribution < 1.29 is 18.5 Å². The number of nitrogens with one attached hydrogen (secondary N) is 2. The molecule has 0 aliphatic carbocycles. The van der Waals surface area contributed by atoms with Crippen molar-refractivity contribution in [3.8, 4) is 11.3 Å². The minimum absolute atomic E-state index is 0.227. The van der Waals surface area contributed by atoms with E-state index in [9.17, 15) is 14.0 Å². The van der Waals surface area contributed by atoms with Crippen LogP contribution in [0.1, 0.15) is 38.5 Å². The van der Waals surface area contributed by atoms with Crippen LogP contribution in [0.2, 0.25) is 0 Å². The third-order valence-electron chi connectivity index (χ3n) is 5.73. The average molecular weight is 456 g/mol. The van der Waals surface area contributed by atoms with E-state index in [-0.39, 0.29) is 22.9 Å². The summed E-state index contributed by atoms with van der Waals surface area (Å²) in [6, 6.07) is 11.0. The molecule has 3 heterocycles. The highest BCUT2D eigenvalue weighted by molar-refractivity contribution is 6.19. The standard InChI is InChI=1S/C26H21FN4O3/c1-15-23(24(31-34-15)16-5-4-6-18(27)11-16)25(32)21-14-29-22-12-17(8-9-20(21)22)26(33)30-13-19-7-2-3-10-28-19/h2,4-9,11-12,14,29H,3,10,13H2,1H3,(H,30,33). The highest BCUT2D eigenvalue weighted by Gasteiger charge is 2.25. The molecular weight excluding hydrogens is 435 g/mol. The Hall–Kier alpha value is -4.33. The maximum absolute atomic E-state index is 13.7. The Morgan fingerprint density at radius 1 is 1.21 bits per heavy atom. The second-order valence-electron chi connectivity index (χ2n) is 8.01. The number of aromatic nitrogens is 2. The van der Waals surface area contributed by atoms with Gasteiger partial charge in [-0.15, -0.1) is 0 Å². The monoisotopic (exact) mass is 456 g/mol. The van der Waals surface area contributed by atoms with Gasteiger partial charge in [-0.2, -0.15) is 0 Å². The van der Waals surface area contributed by atoms with Crippen molar-refractivity contribution in [2.75, 3.05) is 13.1 Å². The normalized spacial score (nSPS) is 13.2. The molecule has 34 heavy (non-hydrogen) atoms. The predicted molar refractivity (Wildman–Crippen MR) is 127 cm³/mol. The zero-order valence-electron chi connectivity index (χ0n) is 18.4. The molecule has 4 aromatic rings. The number of hydrogen-bond acceptors (Lipinski definition) is 5. The quantitative estimate of drug-likeness (QED) is 0.413. The van der Waals surface area contributed by atoms with Crippen molar-refractivity contribution in [1.29, 1.82) is 0 Å². The number of H-pyrrole nitrogens is 1. The van der Waals surface area contributed by atoms with Crippen molar-refractivity contribution in [3.63, 3.8) is 0 Å². The number of amides is 1. The van der Waals surface area contributed by atoms with Gasteiger partial charge in [0.2, 0.25) is 5.78 Å². The van der Waals surface area contributed by atoms with Crippen molar-refractivity contribution in [2.24, 2.45) is 4.99 Å². The van der Waals surface area contributed by atoms with Crippen LogP contribution in [0.3, 0.4) is 0 Å². The van der Waals surface area contributed by atoms with E-state index >= 15 is 0 Å². The van der Waals surface area contributed by atoms with E-state index in [1.807, 2.05) is 12.2 Å². The number of fused-ring (bicyclic) bond motifs is 1. The fraction of sp³-hybridized carbons (Fsp3) is 0.154. The highest BCUT2D eigenvalue weighted by Crippen LogP contribution is 2.30. The van der Waals surface area contributed by atoms with E-state index in [4.69, 9.17) is 4.52 Å². The zero-order chi connectivity index (χ0) is 23.7. The lowest BCUT2D eigenvalue weighted by Crippen LogP contribution is -2.29. The molecule has 0 spiro atoms. The van der Waals surface area contributed by atoms with Gasteiger partial charge in [0.1, 0.15) is 17.3 Å². The number of aromatic amines is 1. The summed E-state index contributed by atoms with van der Waals surface area (Å²) in [5.41, 5.74) is 3.37. The number of hydrogen-bond donors (Lipinski definition) is 2. The summed E-state index contributed by atoms with van der Waals surface area (Å²) in [6.45, 7) is 2.74. The zero-order valence-corrected chi connectivity index (χ0v) is 18.4. The molecule has 0 radical (unpaired) electrons. The van der Waals surface area contributed by atoms with Gasteiger partial charge in [-0.05, 0) is 43.7 Å². The molecule has 2 aromatic carbocycles. The van der Waals surface area contributed by atoms with E-state index in [0.29, 0.717) is 39.9 Å². The Morgan fingerprint density at radius 3 is 2.88 bits per heavy atom. The van der Waals surface area contributed by atoms with Gasteiger partial charge in [0.15, 0.2) is 0 Å². The predicted octanol–water partition coefficient (Wildman–Crippen LogP) is 4.63. The third-order valence-corrected chi connectivity index (χ3v) is 5.73. The molecule has 0 saturated heterocycles. The van der Waals surface area contributed by atoms with Crippen LogP contribution in [0, 0.1) is 12.7 Å². The van der Waals surface area contributed by atoms with Crippen molar-refractivity contribution in [1.82, 2.24) is 15.5 Å². The molecular formula is C26H21FN4O3. The maximum atomic E-state index is 13.7. The highest BCUT2D eigenvalue weighted by atomic mass is 19.1. The van der Waals surface area contributed by atoms with E-state index in [1.54, 1.807) is 43.5 Å². The Morgan fingerprint density at radius 2 is 2.09 bits per heavy atom. The molecule has 2 aromatic heterocycles. The third kappa shape index (κ3) is 4.05. The van der Waals surface area contributed by atoms with Crippen LogP contribution >= 0.6 is 0 Å². The number of carbonyl (C=O) groups is 2. The Labute approximate surface area is 194 Å². The van der Waals surface area contributed by atoms with Gasteiger partial charge >= 0.3 is 0 Å². The first kappa shape index (κ1) is 21.5. The molecule has 1 amide bonds. The Balaban J connectivity index is 1.42. The number of rotatable bonds is 6. The molecule has 8 heteroatoms. The van der Waals surface area contributed by atoms with Gasteiger partial charge in [0, 0.05) is 40.3 Å². The van der Waals surface area contributed by atoms with Crippen molar-refractivity contribution in [2.45, 2.75) is 13.3 Å². The Kier molecular flexibility index (Phi) is 5.63.